The first-order valence-corrected chi connectivity index (χ1v) is 8.95. The second-order valence-electron chi connectivity index (χ2n) is 6.36. The molecule has 0 bridgehead atoms. The van der Waals surface area contributed by atoms with Crippen molar-refractivity contribution < 1.29 is 4.79 Å². The second-order valence-corrected chi connectivity index (χ2v) is 7.68. The highest BCUT2D eigenvalue weighted by Crippen LogP contribution is 2.29. The van der Waals surface area contributed by atoms with E-state index in [9.17, 15) is 4.79 Å². The van der Waals surface area contributed by atoms with Gasteiger partial charge in [0.2, 0.25) is 5.91 Å². The van der Waals surface area contributed by atoms with Crippen LogP contribution in [-0.2, 0) is 17.8 Å². The van der Waals surface area contributed by atoms with E-state index in [2.05, 4.69) is 54.2 Å². The van der Waals surface area contributed by atoms with Gasteiger partial charge < -0.3 is 4.90 Å². The molecule has 0 aliphatic carbocycles. The van der Waals surface area contributed by atoms with Crippen molar-refractivity contribution in [3.8, 4) is 0 Å². The molecule has 0 spiro atoms. The van der Waals surface area contributed by atoms with E-state index >= 15 is 0 Å². The number of carbonyl (C=O) groups is 1. The molecule has 1 amide bonds. The predicted molar refractivity (Wildman–Crippen MR) is 92.0 cm³/mol. The van der Waals surface area contributed by atoms with Crippen molar-refractivity contribution in [3.63, 3.8) is 0 Å². The third kappa shape index (κ3) is 2.92. The third-order valence-corrected chi connectivity index (χ3v) is 5.86. The highest BCUT2D eigenvalue weighted by atomic mass is 32.1. The van der Waals surface area contributed by atoms with Gasteiger partial charge in [0.25, 0.3) is 0 Å². The Morgan fingerprint density at radius 3 is 2.78 bits per heavy atom. The average molecular weight is 327 g/mol. The van der Waals surface area contributed by atoms with Crippen LogP contribution in [0.2, 0.25) is 0 Å². The highest BCUT2D eigenvalue weighted by Gasteiger charge is 2.34. The fourth-order valence-electron chi connectivity index (χ4n) is 3.45. The number of carbonyl (C=O) groups excluding carboxylic acids is 1. The van der Waals surface area contributed by atoms with Crippen molar-refractivity contribution in [2.75, 3.05) is 6.54 Å². The molecule has 3 heterocycles. The van der Waals surface area contributed by atoms with E-state index in [4.69, 9.17) is 0 Å². The summed E-state index contributed by atoms with van der Waals surface area (Å²) in [7, 11) is 0. The van der Waals surface area contributed by atoms with Gasteiger partial charge in [-0.05, 0) is 43.0 Å². The summed E-state index contributed by atoms with van der Waals surface area (Å²) in [6, 6.07) is 12.8. The summed E-state index contributed by atoms with van der Waals surface area (Å²) in [5, 5.41) is 0. The number of hydrazine groups is 1. The molecular formula is C18H21N3OS. The largest absolute Gasteiger partial charge is 0.337 e. The zero-order valence-corrected chi connectivity index (χ0v) is 14.0. The van der Waals surface area contributed by atoms with Crippen LogP contribution < -0.4 is 10.9 Å². The summed E-state index contributed by atoms with van der Waals surface area (Å²) in [5.74, 6) is 0.211. The topological polar surface area (TPSA) is 44.4 Å². The van der Waals surface area contributed by atoms with Crippen molar-refractivity contribution >= 4 is 17.2 Å². The Morgan fingerprint density at radius 1 is 1.17 bits per heavy atom. The maximum Gasteiger partial charge on any atom is 0.241 e. The summed E-state index contributed by atoms with van der Waals surface area (Å²) < 4.78 is 0. The molecule has 2 atom stereocenters. The number of nitrogens with one attached hydrogen (secondary N) is 2. The SMILES string of the molecule is Cc1ccc(C2CC(C(=O)N3CCc4ccccc4C3)NN2)s1. The molecule has 1 fully saturated rings. The summed E-state index contributed by atoms with van der Waals surface area (Å²) in [4.78, 5) is 17.4. The van der Waals surface area contributed by atoms with Crippen LogP contribution in [0.4, 0.5) is 0 Å². The van der Waals surface area contributed by atoms with Crippen LogP contribution in [0.25, 0.3) is 0 Å². The molecule has 0 saturated carbocycles. The summed E-state index contributed by atoms with van der Waals surface area (Å²) in [5.41, 5.74) is 9.15. The third-order valence-electron chi connectivity index (χ3n) is 4.75. The number of benzene rings is 1. The molecule has 1 aromatic carbocycles. The molecule has 1 saturated heterocycles. The quantitative estimate of drug-likeness (QED) is 0.891. The monoisotopic (exact) mass is 327 g/mol. The van der Waals surface area contributed by atoms with E-state index in [1.165, 1.54) is 20.9 Å². The summed E-state index contributed by atoms with van der Waals surface area (Å²) >= 11 is 1.80. The van der Waals surface area contributed by atoms with E-state index in [-0.39, 0.29) is 18.0 Å². The molecule has 4 nitrogen and oxygen atoms in total. The van der Waals surface area contributed by atoms with Gasteiger partial charge in [0.15, 0.2) is 0 Å². The van der Waals surface area contributed by atoms with E-state index in [0.29, 0.717) is 0 Å². The van der Waals surface area contributed by atoms with Crippen LogP contribution in [-0.4, -0.2) is 23.4 Å². The molecule has 2 aromatic rings. The first kappa shape index (κ1) is 14.9. The van der Waals surface area contributed by atoms with Crippen LogP contribution in [0.15, 0.2) is 36.4 Å². The van der Waals surface area contributed by atoms with Crippen LogP contribution in [0.5, 0.6) is 0 Å². The van der Waals surface area contributed by atoms with Crippen LogP contribution in [0, 0.1) is 6.92 Å². The van der Waals surface area contributed by atoms with Gasteiger partial charge in [0.05, 0.1) is 6.04 Å². The van der Waals surface area contributed by atoms with Crippen molar-refractivity contribution in [1.29, 1.82) is 0 Å². The van der Waals surface area contributed by atoms with Crippen molar-refractivity contribution in [2.45, 2.75) is 38.4 Å². The van der Waals surface area contributed by atoms with Gasteiger partial charge in [-0.2, -0.15) is 0 Å². The fraction of sp³-hybridized carbons (Fsp3) is 0.389. The Hall–Kier alpha value is -1.69. The van der Waals surface area contributed by atoms with E-state index < -0.39 is 0 Å². The van der Waals surface area contributed by atoms with Crippen molar-refractivity contribution in [3.05, 3.63) is 57.3 Å². The van der Waals surface area contributed by atoms with E-state index in [1.807, 2.05) is 4.90 Å². The Balaban J connectivity index is 1.42. The minimum absolute atomic E-state index is 0.132. The molecule has 2 unspecified atom stereocenters. The summed E-state index contributed by atoms with van der Waals surface area (Å²) in [6.45, 7) is 3.66. The Labute approximate surface area is 140 Å². The smallest absolute Gasteiger partial charge is 0.241 e. The number of thiophene rings is 1. The van der Waals surface area contributed by atoms with Gasteiger partial charge in [0.1, 0.15) is 6.04 Å². The average Bonchev–Trinajstić information content (AvgIpc) is 3.22. The number of amides is 1. The minimum atomic E-state index is -0.132. The second kappa shape index (κ2) is 6.07. The lowest BCUT2D eigenvalue weighted by Crippen LogP contribution is -2.47. The molecule has 23 heavy (non-hydrogen) atoms. The van der Waals surface area contributed by atoms with Gasteiger partial charge >= 0.3 is 0 Å². The molecule has 2 N–H and O–H groups in total. The number of nitrogens with zero attached hydrogens (tertiary/aromatic N) is 1. The molecule has 2 aliphatic rings. The van der Waals surface area contributed by atoms with Crippen molar-refractivity contribution in [1.82, 2.24) is 15.8 Å². The van der Waals surface area contributed by atoms with Crippen LogP contribution >= 0.6 is 11.3 Å². The first-order valence-electron chi connectivity index (χ1n) is 8.13. The fourth-order valence-corrected chi connectivity index (χ4v) is 4.39. The molecule has 5 heteroatoms. The van der Waals surface area contributed by atoms with Crippen LogP contribution in [0.3, 0.4) is 0 Å². The van der Waals surface area contributed by atoms with E-state index in [0.717, 1.165) is 25.9 Å². The Kier molecular flexibility index (Phi) is 3.93. The number of aryl methyl sites for hydroxylation is 1. The lowest BCUT2D eigenvalue weighted by Gasteiger charge is -2.30. The van der Waals surface area contributed by atoms with Gasteiger partial charge in [-0.25, -0.2) is 10.9 Å². The normalized spacial score (nSPS) is 23.8. The highest BCUT2D eigenvalue weighted by molar-refractivity contribution is 7.12. The molecule has 0 radical (unpaired) electrons. The molecule has 4 rings (SSSR count). The summed E-state index contributed by atoms with van der Waals surface area (Å²) in [6.07, 6.45) is 1.77. The van der Waals surface area contributed by atoms with Gasteiger partial charge in [-0.15, -0.1) is 11.3 Å². The number of hydrogen-bond acceptors (Lipinski definition) is 4. The van der Waals surface area contributed by atoms with Gasteiger partial charge in [-0.3, -0.25) is 4.79 Å². The lowest BCUT2D eigenvalue weighted by atomic mass is 9.99. The maximum atomic E-state index is 12.8. The van der Waals surface area contributed by atoms with Crippen LogP contribution in [0.1, 0.15) is 33.3 Å². The maximum absolute atomic E-state index is 12.8. The molecule has 2 aliphatic heterocycles. The first-order chi connectivity index (χ1) is 11.2. The predicted octanol–water partition coefficient (Wildman–Crippen LogP) is 2.55. The van der Waals surface area contributed by atoms with Crippen molar-refractivity contribution in [2.24, 2.45) is 0 Å². The molecule has 1 aromatic heterocycles. The Morgan fingerprint density at radius 2 is 2.00 bits per heavy atom. The zero-order valence-electron chi connectivity index (χ0n) is 13.2. The molecule has 120 valence electrons. The minimum Gasteiger partial charge on any atom is -0.337 e. The Bertz CT molecular complexity index is 727. The number of fused-ring (bicyclic) bond motifs is 1. The van der Waals surface area contributed by atoms with Gasteiger partial charge in [0, 0.05) is 22.8 Å². The van der Waals surface area contributed by atoms with E-state index in [1.54, 1.807) is 11.3 Å². The lowest BCUT2D eigenvalue weighted by molar-refractivity contribution is -0.134. The number of rotatable bonds is 2. The zero-order chi connectivity index (χ0) is 15.8. The number of hydrogen-bond donors (Lipinski definition) is 2. The van der Waals surface area contributed by atoms with Gasteiger partial charge in [-0.1, -0.05) is 24.3 Å². The molecular weight excluding hydrogens is 306 g/mol. The standard InChI is InChI=1S/C18H21N3OS/c1-12-6-7-17(23-12)15-10-16(20-19-15)18(22)21-9-8-13-4-2-3-5-14(13)11-21/h2-7,15-16,19-20H,8-11H2,1H3.